The molecule has 1 aliphatic heterocycles. The predicted molar refractivity (Wildman–Crippen MR) is 160 cm³/mol. The van der Waals surface area contributed by atoms with Crippen LogP contribution in [0.4, 0.5) is 4.79 Å². The Hall–Kier alpha value is -4.62. The van der Waals surface area contributed by atoms with Crippen molar-refractivity contribution in [1.82, 2.24) is 24.9 Å². The maximum absolute atomic E-state index is 13.6. The molecule has 1 aromatic carbocycles. The minimum Gasteiger partial charge on any atom is -0.481 e. The molecule has 2 N–H and O–H groups in total. The van der Waals surface area contributed by atoms with E-state index < -0.39 is 41.5 Å². The number of carboxylic acid groups (broad SMARTS) is 1. The van der Waals surface area contributed by atoms with Crippen LogP contribution >= 0.6 is 0 Å². The van der Waals surface area contributed by atoms with Gasteiger partial charge in [-0.3, -0.25) is 14.4 Å². The lowest BCUT2D eigenvalue weighted by molar-refractivity contribution is -0.170. The topological polar surface area (TPSA) is 170 Å². The third-order valence-electron chi connectivity index (χ3n) is 7.98. The van der Waals surface area contributed by atoms with Crippen molar-refractivity contribution < 1.29 is 43.3 Å². The summed E-state index contributed by atoms with van der Waals surface area (Å²) in [6.07, 6.45) is 0.689. The highest BCUT2D eigenvalue weighted by Gasteiger charge is 2.49. The van der Waals surface area contributed by atoms with E-state index in [-0.39, 0.29) is 63.8 Å². The van der Waals surface area contributed by atoms with Crippen molar-refractivity contribution in [3.63, 3.8) is 0 Å². The standard InChI is InChI=1S/C31H41N5O9/c1-5-43-29(41)31(12-7-13-31)45-25-19-23(33-36(25)24-18-20(3)8-9-21(24)4)27(39)32-22(10-11-26(37)38)28(40)34-14-16-35(17-15-34)30(42)44-6-2/h8-9,18-19,22H,5-7,10-17H2,1-4H3,(H,32,39)(H,37,38)/t22-/m0/s1. The zero-order valence-corrected chi connectivity index (χ0v) is 26.2. The highest BCUT2D eigenvalue weighted by atomic mass is 16.6. The zero-order chi connectivity index (χ0) is 32.7. The number of esters is 1. The van der Waals surface area contributed by atoms with Crippen LogP contribution in [0.15, 0.2) is 24.3 Å². The van der Waals surface area contributed by atoms with Gasteiger partial charge in [0.1, 0.15) is 6.04 Å². The fourth-order valence-corrected chi connectivity index (χ4v) is 5.28. The monoisotopic (exact) mass is 627 g/mol. The van der Waals surface area contributed by atoms with E-state index in [9.17, 15) is 29.1 Å². The first-order valence-electron chi connectivity index (χ1n) is 15.2. The van der Waals surface area contributed by atoms with Gasteiger partial charge in [0, 0.05) is 38.7 Å². The van der Waals surface area contributed by atoms with E-state index in [0.29, 0.717) is 18.5 Å². The van der Waals surface area contributed by atoms with E-state index in [0.717, 1.165) is 17.5 Å². The molecule has 14 heteroatoms. The van der Waals surface area contributed by atoms with Gasteiger partial charge in [-0.1, -0.05) is 12.1 Å². The van der Waals surface area contributed by atoms with Gasteiger partial charge in [-0.2, -0.15) is 9.78 Å². The molecule has 1 aliphatic carbocycles. The number of piperazine rings is 1. The molecule has 2 heterocycles. The quantitative estimate of drug-likeness (QED) is 0.334. The summed E-state index contributed by atoms with van der Waals surface area (Å²) in [5, 5.41) is 16.5. The summed E-state index contributed by atoms with van der Waals surface area (Å²) >= 11 is 0. The number of aromatic nitrogens is 2. The number of nitrogens with zero attached hydrogens (tertiary/aromatic N) is 4. The van der Waals surface area contributed by atoms with Crippen LogP contribution in [0.25, 0.3) is 5.69 Å². The number of hydrogen-bond acceptors (Lipinski definition) is 9. The highest BCUT2D eigenvalue weighted by molar-refractivity contribution is 5.96. The van der Waals surface area contributed by atoms with Crippen LogP contribution in [0.3, 0.4) is 0 Å². The van der Waals surface area contributed by atoms with Gasteiger partial charge in [-0.05, 0) is 70.6 Å². The lowest BCUT2D eigenvalue weighted by atomic mass is 9.80. The van der Waals surface area contributed by atoms with Crippen LogP contribution in [-0.4, -0.2) is 106 Å². The summed E-state index contributed by atoms with van der Waals surface area (Å²) in [5.74, 6) is -2.62. The third kappa shape index (κ3) is 7.73. The van der Waals surface area contributed by atoms with Crippen molar-refractivity contribution in [2.75, 3.05) is 39.4 Å². The molecule has 1 saturated heterocycles. The molecule has 1 atom stereocenters. The Morgan fingerprint density at radius 3 is 2.24 bits per heavy atom. The first-order chi connectivity index (χ1) is 21.5. The number of aliphatic carboxylic acids is 1. The molecule has 0 radical (unpaired) electrons. The molecule has 0 unspecified atom stereocenters. The van der Waals surface area contributed by atoms with Gasteiger partial charge < -0.3 is 34.4 Å². The average molecular weight is 628 g/mol. The van der Waals surface area contributed by atoms with Crippen molar-refractivity contribution >= 4 is 29.8 Å². The number of aryl methyl sites for hydroxylation is 2. The molecule has 14 nitrogen and oxygen atoms in total. The summed E-state index contributed by atoms with van der Waals surface area (Å²) in [5.41, 5.74) is 1.14. The number of hydrogen-bond donors (Lipinski definition) is 2. The van der Waals surface area contributed by atoms with Gasteiger partial charge in [-0.25, -0.2) is 9.59 Å². The summed E-state index contributed by atoms with van der Waals surface area (Å²) in [7, 11) is 0. The summed E-state index contributed by atoms with van der Waals surface area (Å²) in [6, 6.07) is 5.98. The van der Waals surface area contributed by atoms with Crippen LogP contribution in [0, 0.1) is 13.8 Å². The van der Waals surface area contributed by atoms with Crippen molar-refractivity contribution in [1.29, 1.82) is 0 Å². The van der Waals surface area contributed by atoms with Crippen molar-refractivity contribution in [2.45, 2.75) is 71.4 Å². The van der Waals surface area contributed by atoms with E-state index in [1.807, 2.05) is 32.0 Å². The Labute approximate surface area is 261 Å². The minimum absolute atomic E-state index is 0.0792. The Bertz CT molecular complexity index is 1430. The molecular formula is C31H41N5O9. The van der Waals surface area contributed by atoms with Crippen LogP contribution in [-0.2, 0) is 23.9 Å². The predicted octanol–water partition coefficient (Wildman–Crippen LogP) is 2.62. The SMILES string of the molecule is CCOC(=O)N1CCN(C(=O)[C@H](CCC(=O)O)NC(=O)c2cc(OC3(C(=O)OCC)CCC3)n(-c3cc(C)ccc3C)n2)CC1. The smallest absolute Gasteiger partial charge is 0.409 e. The molecule has 2 fully saturated rings. The molecule has 1 aromatic heterocycles. The van der Waals surface area contributed by atoms with Gasteiger partial charge in [0.2, 0.25) is 17.4 Å². The molecule has 244 valence electrons. The second-order valence-corrected chi connectivity index (χ2v) is 11.2. The maximum atomic E-state index is 13.6. The van der Waals surface area contributed by atoms with E-state index in [1.54, 1.807) is 13.8 Å². The molecule has 3 amide bonds. The molecule has 2 aromatic rings. The van der Waals surface area contributed by atoms with Gasteiger partial charge in [0.05, 0.1) is 18.9 Å². The normalized spacial score (nSPS) is 16.3. The Kier molecular flexibility index (Phi) is 10.7. The Morgan fingerprint density at radius 2 is 1.64 bits per heavy atom. The molecular weight excluding hydrogens is 586 g/mol. The van der Waals surface area contributed by atoms with Gasteiger partial charge in [0.25, 0.3) is 5.91 Å². The average Bonchev–Trinajstić information content (AvgIpc) is 3.41. The number of amides is 3. The molecule has 0 spiro atoms. The third-order valence-corrected chi connectivity index (χ3v) is 7.98. The van der Waals surface area contributed by atoms with Crippen molar-refractivity contribution in [3.05, 3.63) is 41.1 Å². The number of carboxylic acids is 1. The molecule has 45 heavy (non-hydrogen) atoms. The van der Waals surface area contributed by atoms with Crippen molar-refractivity contribution in [2.24, 2.45) is 0 Å². The van der Waals surface area contributed by atoms with Crippen LogP contribution in [0.5, 0.6) is 5.88 Å². The minimum atomic E-state index is -1.20. The first kappa shape index (κ1) is 33.3. The lowest BCUT2D eigenvalue weighted by Gasteiger charge is -2.38. The Morgan fingerprint density at radius 1 is 0.978 bits per heavy atom. The fourth-order valence-electron chi connectivity index (χ4n) is 5.28. The number of rotatable bonds is 12. The van der Waals surface area contributed by atoms with Crippen LogP contribution in [0.2, 0.25) is 0 Å². The molecule has 0 bridgehead atoms. The maximum Gasteiger partial charge on any atom is 0.409 e. The summed E-state index contributed by atoms with van der Waals surface area (Å²) < 4.78 is 18.1. The van der Waals surface area contributed by atoms with Gasteiger partial charge >= 0.3 is 18.0 Å². The number of carbonyl (C=O) groups excluding carboxylic acids is 4. The Balaban J connectivity index is 1.59. The van der Waals surface area contributed by atoms with E-state index in [1.165, 1.54) is 20.5 Å². The van der Waals surface area contributed by atoms with Gasteiger partial charge in [-0.15, -0.1) is 0 Å². The zero-order valence-electron chi connectivity index (χ0n) is 26.2. The lowest BCUT2D eigenvalue weighted by Crippen LogP contribution is -2.56. The van der Waals surface area contributed by atoms with E-state index in [2.05, 4.69) is 10.4 Å². The van der Waals surface area contributed by atoms with E-state index in [4.69, 9.17) is 14.2 Å². The van der Waals surface area contributed by atoms with Crippen LogP contribution < -0.4 is 10.1 Å². The summed E-state index contributed by atoms with van der Waals surface area (Å²) in [4.78, 5) is 66.5. The number of carbonyl (C=O) groups is 5. The van der Waals surface area contributed by atoms with Crippen LogP contribution in [0.1, 0.15) is 67.6 Å². The second kappa shape index (κ2) is 14.4. The van der Waals surface area contributed by atoms with E-state index >= 15 is 0 Å². The van der Waals surface area contributed by atoms with Crippen molar-refractivity contribution in [3.8, 4) is 11.6 Å². The number of benzene rings is 1. The molecule has 1 saturated carbocycles. The number of nitrogens with one attached hydrogen (secondary N) is 1. The largest absolute Gasteiger partial charge is 0.481 e. The van der Waals surface area contributed by atoms with Gasteiger partial charge in [0.15, 0.2) is 5.69 Å². The number of ether oxygens (including phenoxy) is 3. The summed E-state index contributed by atoms with van der Waals surface area (Å²) in [6.45, 7) is 8.53. The first-order valence-corrected chi connectivity index (χ1v) is 15.2. The highest BCUT2D eigenvalue weighted by Crippen LogP contribution is 2.39. The molecule has 2 aliphatic rings. The fraction of sp³-hybridized carbons (Fsp3) is 0.548. The molecule has 4 rings (SSSR count). The second-order valence-electron chi connectivity index (χ2n) is 11.2.